The van der Waals surface area contributed by atoms with Gasteiger partial charge < -0.3 is 4.90 Å². The van der Waals surface area contributed by atoms with E-state index < -0.39 is 17.7 Å². The molecule has 5 rings (SSSR count). The van der Waals surface area contributed by atoms with Crippen LogP contribution < -0.4 is 0 Å². The molecule has 1 amide bonds. The molecule has 0 saturated carbocycles. The van der Waals surface area contributed by atoms with Crippen LogP contribution >= 0.6 is 0 Å². The van der Waals surface area contributed by atoms with Gasteiger partial charge in [-0.15, -0.1) is 0 Å². The van der Waals surface area contributed by atoms with Gasteiger partial charge in [-0.05, 0) is 12.0 Å². The molecule has 0 radical (unpaired) electrons. The second kappa shape index (κ2) is 5.92. The number of nitrogens with zero attached hydrogens (tertiary/aromatic N) is 6. The van der Waals surface area contributed by atoms with E-state index in [4.69, 9.17) is 5.26 Å². The second-order valence-electron chi connectivity index (χ2n) is 8.05. The molecule has 3 aliphatic rings. The van der Waals surface area contributed by atoms with Gasteiger partial charge in [0.1, 0.15) is 5.69 Å². The Morgan fingerprint density at radius 3 is 2.79 bits per heavy atom. The maximum absolute atomic E-state index is 15.2. The van der Waals surface area contributed by atoms with Crippen LogP contribution in [-0.2, 0) is 17.1 Å². The first-order chi connectivity index (χ1) is 13.8. The van der Waals surface area contributed by atoms with E-state index in [-0.39, 0.29) is 29.0 Å². The third-order valence-corrected chi connectivity index (χ3v) is 5.83. The van der Waals surface area contributed by atoms with E-state index in [9.17, 15) is 4.79 Å². The smallest absolute Gasteiger partial charge is 0.319 e. The minimum absolute atomic E-state index is 0.0813. The Kier molecular flexibility index (Phi) is 3.66. The number of alkyl halides is 2. The fourth-order valence-electron chi connectivity index (χ4n) is 4.29. The average Bonchev–Trinajstić information content (AvgIpc) is 3.25. The first-order valence-corrected chi connectivity index (χ1v) is 9.55. The Morgan fingerprint density at radius 1 is 1.34 bits per heavy atom. The lowest BCUT2D eigenvalue weighted by Crippen LogP contribution is -2.52. The first-order valence-electron chi connectivity index (χ1n) is 9.55. The highest BCUT2D eigenvalue weighted by Crippen LogP contribution is 2.53. The lowest BCUT2D eigenvalue weighted by Gasteiger charge is -2.38. The molecule has 0 N–H and O–H groups in total. The van der Waals surface area contributed by atoms with Gasteiger partial charge in [-0.25, -0.2) is 0 Å². The van der Waals surface area contributed by atoms with Gasteiger partial charge in [-0.1, -0.05) is 19.9 Å². The quantitative estimate of drug-likeness (QED) is 0.796. The molecule has 148 valence electrons. The number of likely N-dealkylation sites (tertiary alicyclic amines) is 1. The maximum atomic E-state index is 15.2. The number of rotatable bonds is 3. The van der Waals surface area contributed by atoms with Crippen molar-refractivity contribution >= 4 is 11.5 Å². The Morgan fingerprint density at radius 2 is 2.10 bits per heavy atom. The zero-order chi connectivity index (χ0) is 20.5. The Labute approximate surface area is 165 Å². The van der Waals surface area contributed by atoms with Crippen molar-refractivity contribution in [3.63, 3.8) is 0 Å². The summed E-state index contributed by atoms with van der Waals surface area (Å²) >= 11 is 0. The average molecular weight is 396 g/mol. The van der Waals surface area contributed by atoms with E-state index >= 15 is 8.78 Å². The lowest BCUT2D eigenvalue weighted by molar-refractivity contribution is -0.142. The van der Waals surface area contributed by atoms with Crippen LogP contribution in [0.15, 0.2) is 18.3 Å². The predicted octanol–water partition coefficient (Wildman–Crippen LogP) is 2.56. The molecule has 7 nitrogen and oxygen atoms in total. The van der Waals surface area contributed by atoms with Gasteiger partial charge in [0.2, 0.25) is 5.91 Å². The number of carbonyl (C=O) groups is 1. The lowest BCUT2D eigenvalue weighted by atomic mass is 9.87. The van der Waals surface area contributed by atoms with Gasteiger partial charge in [0.05, 0.1) is 17.7 Å². The number of hydrogen-bond donors (Lipinski definition) is 0. The molecular formula is C20H18F2N6O. The minimum Gasteiger partial charge on any atom is -0.338 e. The standard InChI is InChI=1S/C20H18F2N6O/c1-10(2)17(19(29)27-8-11(7-23)9-27)28-25-16-12-5-6-24-14-4-3-13(15(12)14)20(21,22)18(16)26-28/h3,5-6,10-11,17H,4,8-9H2,1-2H3. The molecule has 0 aromatic carbocycles. The van der Waals surface area contributed by atoms with Gasteiger partial charge in [-0.2, -0.15) is 29.0 Å². The third-order valence-electron chi connectivity index (χ3n) is 5.83. The molecule has 2 aromatic heterocycles. The summed E-state index contributed by atoms with van der Waals surface area (Å²) in [5.74, 6) is -3.93. The first kappa shape index (κ1) is 17.9. The molecule has 0 spiro atoms. The molecule has 1 aliphatic heterocycles. The maximum Gasteiger partial charge on any atom is 0.319 e. The van der Waals surface area contributed by atoms with Crippen LogP contribution in [0.3, 0.4) is 0 Å². The minimum atomic E-state index is -3.29. The van der Waals surface area contributed by atoms with Crippen molar-refractivity contribution in [3.05, 3.63) is 35.3 Å². The number of carbonyl (C=O) groups excluding carboxylic acids is 1. The molecule has 2 aliphatic carbocycles. The van der Waals surface area contributed by atoms with Crippen molar-refractivity contribution in [1.82, 2.24) is 24.9 Å². The number of fused-ring (bicyclic) bond motifs is 2. The summed E-state index contributed by atoms with van der Waals surface area (Å²) in [5, 5.41) is 17.5. The summed E-state index contributed by atoms with van der Waals surface area (Å²) in [6.45, 7) is 4.35. The van der Waals surface area contributed by atoms with Crippen molar-refractivity contribution in [2.45, 2.75) is 32.2 Å². The van der Waals surface area contributed by atoms with Gasteiger partial charge in [0.25, 0.3) is 0 Å². The zero-order valence-corrected chi connectivity index (χ0v) is 15.9. The van der Waals surface area contributed by atoms with Crippen molar-refractivity contribution < 1.29 is 13.6 Å². The number of nitriles is 1. The molecule has 9 heteroatoms. The number of amides is 1. The van der Waals surface area contributed by atoms with Crippen molar-refractivity contribution in [1.29, 1.82) is 5.26 Å². The van der Waals surface area contributed by atoms with E-state index in [1.807, 2.05) is 13.8 Å². The van der Waals surface area contributed by atoms with E-state index in [0.29, 0.717) is 36.3 Å². The van der Waals surface area contributed by atoms with Crippen molar-refractivity contribution in [3.8, 4) is 17.3 Å². The predicted molar refractivity (Wildman–Crippen MR) is 98.4 cm³/mol. The number of allylic oxidation sites excluding steroid dienone is 2. The fourth-order valence-corrected chi connectivity index (χ4v) is 4.29. The summed E-state index contributed by atoms with van der Waals surface area (Å²) in [5.41, 5.74) is 1.22. The van der Waals surface area contributed by atoms with Crippen LogP contribution in [-0.4, -0.2) is 43.9 Å². The Hall–Kier alpha value is -3.15. The van der Waals surface area contributed by atoms with Crippen LogP contribution in [0.1, 0.15) is 36.8 Å². The van der Waals surface area contributed by atoms with Gasteiger partial charge in [0, 0.05) is 42.4 Å². The van der Waals surface area contributed by atoms with E-state index in [2.05, 4.69) is 21.3 Å². The van der Waals surface area contributed by atoms with Crippen LogP contribution in [0.2, 0.25) is 0 Å². The van der Waals surface area contributed by atoms with E-state index in [1.165, 1.54) is 6.08 Å². The monoisotopic (exact) mass is 396 g/mol. The van der Waals surface area contributed by atoms with E-state index in [1.54, 1.807) is 17.2 Å². The molecule has 0 bridgehead atoms. The molecular weight excluding hydrogens is 378 g/mol. The molecule has 1 unspecified atom stereocenters. The third kappa shape index (κ3) is 2.38. The van der Waals surface area contributed by atoms with Crippen LogP contribution in [0.25, 0.3) is 16.8 Å². The largest absolute Gasteiger partial charge is 0.338 e. The summed E-state index contributed by atoms with van der Waals surface area (Å²) in [6, 6.07) is 2.99. The highest BCUT2D eigenvalue weighted by atomic mass is 19.3. The summed E-state index contributed by atoms with van der Waals surface area (Å²) in [4.78, 5) is 19.9. The summed E-state index contributed by atoms with van der Waals surface area (Å²) in [6.07, 6.45) is 3.45. The number of pyridine rings is 1. The van der Waals surface area contributed by atoms with E-state index in [0.717, 1.165) is 4.80 Å². The highest BCUT2D eigenvalue weighted by molar-refractivity contribution is 5.92. The fraction of sp³-hybridized carbons (Fsp3) is 0.450. The van der Waals surface area contributed by atoms with Crippen LogP contribution in [0.4, 0.5) is 8.78 Å². The number of halogens is 2. The molecule has 1 atom stereocenters. The number of aromatic nitrogens is 4. The number of hydrogen-bond acceptors (Lipinski definition) is 5. The molecule has 29 heavy (non-hydrogen) atoms. The Bertz CT molecular complexity index is 1110. The molecule has 1 saturated heterocycles. The van der Waals surface area contributed by atoms with Crippen molar-refractivity contribution in [2.24, 2.45) is 11.8 Å². The molecule has 1 fully saturated rings. The van der Waals surface area contributed by atoms with Gasteiger partial charge in [0.15, 0.2) is 11.7 Å². The van der Waals surface area contributed by atoms with Gasteiger partial charge >= 0.3 is 5.92 Å². The normalized spacial score (nSPS) is 19.9. The topological polar surface area (TPSA) is 87.7 Å². The summed E-state index contributed by atoms with van der Waals surface area (Å²) in [7, 11) is 0. The SMILES string of the molecule is CC(C)C(C(=O)N1CC(C#N)C1)n1nc2c(n1)C(F)(F)C1=CCc3nccc-2c31. The molecule has 3 heterocycles. The second-order valence-corrected chi connectivity index (χ2v) is 8.05. The highest BCUT2D eigenvalue weighted by Gasteiger charge is 2.51. The summed E-state index contributed by atoms with van der Waals surface area (Å²) < 4.78 is 30.5. The van der Waals surface area contributed by atoms with Crippen molar-refractivity contribution in [2.75, 3.05) is 13.1 Å². The van der Waals surface area contributed by atoms with Crippen LogP contribution in [0.5, 0.6) is 0 Å². The zero-order valence-electron chi connectivity index (χ0n) is 15.9. The Balaban J connectivity index is 1.59. The van der Waals surface area contributed by atoms with Crippen LogP contribution in [0, 0.1) is 23.2 Å². The van der Waals surface area contributed by atoms with Gasteiger partial charge in [-0.3, -0.25) is 9.78 Å². The molecule has 2 aromatic rings.